The number of carbonyl (C=O) groups is 1. The Hall–Kier alpha value is -1.41. The van der Waals surface area contributed by atoms with E-state index in [1.54, 1.807) is 11.1 Å². The van der Waals surface area contributed by atoms with Gasteiger partial charge in [0.15, 0.2) is 0 Å². The first kappa shape index (κ1) is 13.0. The normalized spacial score (nSPS) is 23.2. The van der Waals surface area contributed by atoms with Gasteiger partial charge in [0.2, 0.25) is 11.8 Å². The topological polar surface area (TPSA) is 102 Å². The molecule has 1 unspecified atom stereocenters. The molecule has 1 atom stereocenters. The molecule has 1 aliphatic heterocycles. The van der Waals surface area contributed by atoms with E-state index in [-0.39, 0.29) is 6.54 Å². The van der Waals surface area contributed by atoms with E-state index in [4.69, 9.17) is 15.6 Å². The summed E-state index contributed by atoms with van der Waals surface area (Å²) in [6.45, 7) is 0.695. The first-order valence-electron chi connectivity index (χ1n) is 5.30. The molecule has 0 radical (unpaired) electrons. The van der Waals surface area contributed by atoms with E-state index in [1.807, 2.05) is 0 Å². The highest BCUT2D eigenvalue weighted by molar-refractivity contribution is 9.10. The molecule has 98 valence electrons. The lowest BCUT2D eigenvalue weighted by atomic mass is 10.0. The van der Waals surface area contributed by atoms with E-state index >= 15 is 0 Å². The number of rotatable bonds is 3. The minimum atomic E-state index is -1.23. The number of aromatic nitrogens is 2. The largest absolute Gasteiger partial charge is 0.480 e. The Morgan fingerprint density at radius 2 is 2.44 bits per heavy atom. The van der Waals surface area contributed by atoms with Crippen molar-refractivity contribution in [3.05, 3.63) is 10.7 Å². The second-order valence-electron chi connectivity index (χ2n) is 4.16. The van der Waals surface area contributed by atoms with Crippen molar-refractivity contribution in [3.8, 4) is 5.88 Å². The second kappa shape index (κ2) is 4.69. The Morgan fingerprint density at radius 3 is 3.00 bits per heavy atom. The molecular formula is C10H13BrN4O3. The van der Waals surface area contributed by atoms with Crippen molar-refractivity contribution in [2.45, 2.75) is 12.0 Å². The van der Waals surface area contributed by atoms with Crippen LogP contribution < -0.4 is 15.4 Å². The maximum Gasteiger partial charge on any atom is 0.325 e. The average Bonchev–Trinajstić information content (AvgIpc) is 2.74. The van der Waals surface area contributed by atoms with Crippen LogP contribution in [0.1, 0.15) is 6.42 Å². The average molecular weight is 317 g/mol. The highest BCUT2D eigenvalue weighted by Gasteiger charge is 2.42. The monoisotopic (exact) mass is 316 g/mol. The number of carboxylic acids is 1. The lowest BCUT2D eigenvalue weighted by Gasteiger charge is -2.20. The molecule has 1 aromatic rings. The summed E-state index contributed by atoms with van der Waals surface area (Å²) in [7, 11) is 1.51. The van der Waals surface area contributed by atoms with Crippen molar-refractivity contribution in [1.29, 1.82) is 0 Å². The van der Waals surface area contributed by atoms with Gasteiger partial charge < -0.3 is 20.5 Å². The van der Waals surface area contributed by atoms with Crippen molar-refractivity contribution >= 4 is 27.8 Å². The van der Waals surface area contributed by atoms with E-state index in [0.717, 1.165) is 0 Å². The predicted octanol–water partition coefficient (Wildman–Crippen LogP) is 0.240. The van der Waals surface area contributed by atoms with Crippen LogP contribution in [-0.4, -0.2) is 46.8 Å². The molecule has 0 spiro atoms. The standard InChI is InChI=1S/C10H13BrN4O3/c1-18-7-6(11)4-13-9(14-7)15-3-2-10(12,5-15)8(16)17/h4H,2-3,5,12H2,1H3,(H,16,17). The van der Waals surface area contributed by atoms with E-state index < -0.39 is 11.5 Å². The summed E-state index contributed by atoms with van der Waals surface area (Å²) >= 11 is 3.26. The number of carboxylic acid groups (broad SMARTS) is 1. The van der Waals surface area contributed by atoms with E-state index in [2.05, 4.69) is 25.9 Å². The number of hydrogen-bond acceptors (Lipinski definition) is 6. The van der Waals surface area contributed by atoms with Gasteiger partial charge in [0.1, 0.15) is 5.54 Å². The van der Waals surface area contributed by atoms with Crippen molar-refractivity contribution in [2.75, 3.05) is 25.1 Å². The van der Waals surface area contributed by atoms with Crippen molar-refractivity contribution in [3.63, 3.8) is 0 Å². The third kappa shape index (κ3) is 2.25. The first-order valence-corrected chi connectivity index (χ1v) is 6.09. The van der Waals surface area contributed by atoms with Crippen LogP contribution >= 0.6 is 15.9 Å². The SMILES string of the molecule is COc1nc(N2CCC(N)(C(=O)O)C2)ncc1Br. The lowest BCUT2D eigenvalue weighted by Crippen LogP contribution is -2.50. The minimum Gasteiger partial charge on any atom is -0.480 e. The van der Waals surface area contributed by atoms with Crippen LogP contribution in [0.5, 0.6) is 5.88 Å². The van der Waals surface area contributed by atoms with Crippen LogP contribution in [0.15, 0.2) is 10.7 Å². The number of methoxy groups -OCH3 is 1. The van der Waals surface area contributed by atoms with Gasteiger partial charge in [-0.2, -0.15) is 4.98 Å². The summed E-state index contributed by atoms with van der Waals surface area (Å²) in [5, 5.41) is 9.06. The molecule has 0 bridgehead atoms. The minimum absolute atomic E-state index is 0.188. The molecule has 0 aliphatic carbocycles. The highest BCUT2D eigenvalue weighted by atomic mass is 79.9. The summed E-state index contributed by atoms with van der Waals surface area (Å²) in [6.07, 6.45) is 1.93. The molecule has 3 N–H and O–H groups in total. The molecule has 7 nitrogen and oxygen atoms in total. The summed E-state index contributed by atoms with van der Waals surface area (Å²) < 4.78 is 5.72. The molecule has 1 aromatic heterocycles. The van der Waals surface area contributed by atoms with Gasteiger partial charge in [-0.3, -0.25) is 4.79 Å². The zero-order valence-electron chi connectivity index (χ0n) is 9.76. The van der Waals surface area contributed by atoms with Crippen LogP contribution in [-0.2, 0) is 4.79 Å². The van der Waals surface area contributed by atoms with Crippen LogP contribution in [0.25, 0.3) is 0 Å². The van der Waals surface area contributed by atoms with Gasteiger partial charge in [-0.25, -0.2) is 4.98 Å². The molecule has 0 saturated carbocycles. The fourth-order valence-electron chi connectivity index (χ4n) is 1.82. The zero-order chi connectivity index (χ0) is 13.3. The number of nitrogens with zero attached hydrogens (tertiary/aromatic N) is 3. The van der Waals surface area contributed by atoms with Crippen molar-refractivity contribution < 1.29 is 14.6 Å². The van der Waals surface area contributed by atoms with Crippen LogP contribution in [0.3, 0.4) is 0 Å². The predicted molar refractivity (Wildman–Crippen MR) is 67.7 cm³/mol. The third-order valence-electron chi connectivity index (χ3n) is 2.90. The van der Waals surface area contributed by atoms with Gasteiger partial charge in [0.05, 0.1) is 17.8 Å². The number of halogens is 1. The Kier molecular flexibility index (Phi) is 3.40. The fourth-order valence-corrected chi connectivity index (χ4v) is 2.17. The van der Waals surface area contributed by atoms with E-state index in [1.165, 1.54) is 7.11 Å². The summed E-state index contributed by atoms with van der Waals surface area (Å²) in [5.41, 5.74) is 4.56. The number of anilines is 1. The Labute approximate surface area is 112 Å². The van der Waals surface area contributed by atoms with E-state index in [0.29, 0.717) is 29.3 Å². The van der Waals surface area contributed by atoms with Crippen LogP contribution in [0.4, 0.5) is 5.95 Å². The van der Waals surface area contributed by atoms with Gasteiger partial charge in [-0.15, -0.1) is 0 Å². The van der Waals surface area contributed by atoms with Gasteiger partial charge in [-0.1, -0.05) is 0 Å². The molecule has 2 rings (SSSR count). The Balaban J connectivity index is 2.22. The molecule has 1 fully saturated rings. The quantitative estimate of drug-likeness (QED) is 0.823. The molecule has 0 aromatic carbocycles. The van der Waals surface area contributed by atoms with Gasteiger partial charge in [0, 0.05) is 13.1 Å². The smallest absolute Gasteiger partial charge is 0.325 e. The number of aliphatic carboxylic acids is 1. The van der Waals surface area contributed by atoms with Crippen LogP contribution in [0.2, 0.25) is 0 Å². The molecule has 8 heteroatoms. The zero-order valence-corrected chi connectivity index (χ0v) is 11.3. The van der Waals surface area contributed by atoms with Crippen molar-refractivity contribution in [1.82, 2.24) is 9.97 Å². The molecule has 1 aliphatic rings. The molecule has 18 heavy (non-hydrogen) atoms. The Morgan fingerprint density at radius 1 is 1.72 bits per heavy atom. The summed E-state index contributed by atoms with van der Waals surface area (Å²) in [6, 6.07) is 0. The Bertz CT molecular complexity index is 484. The lowest BCUT2D eigenvalue weighted by molar-refractivity contribution is -0.142. The summed E-state index contributed by atoms with van der Waals surface area (Å²) in [4.78, 5) is 21.1. The molecule has 2 heterocycles. The fraction of sp³-hybridized carbons (Fsp3) is 0.500. The van der Waals surface area contributed by atoms with Crippen molar-refractivity contribution in [2.24, 2.45) is 5.73 Å². The second-order valence-corrected chi connectivity index (χ2v) is 5.01. The first-order chi connectivity index (χ1) is 8.46. The van der Waals surface area contributed by atoms with Gasteiger partial charge in [0.25, 0.3) is 0 Å². The molecule has 1 saturated heterocycles. The molecule has 0 amide bonds. The maximum absolute atomic E-state index is 11.1. The number of ether oxygens (including phenoxy) is 1. The third-order valence-corrected chi connectivity index (χ3v) is 3.45. The van der Waals surface area contributed by atoms with Crippen LogP contribution in [0, 0.1) is 0 Å². The maximum atomic E-state index is 11.1. The van der Waals surface area contributed by atoms with E-state index in [9.17, 15) is 4.79 Å². The van der Waals surface area contributed by atoms with Gasteiger partial charge in [-0.05, 0) is 22.4 Å². The summed E-state index contributed by atoms with van der Waals surface area (Å²) in [5.74, 6) is -0.178. The molecular weight excluding hydrogens is 304 g/mol. The van der Waals surface area contributed by atoms with Gasteiger partial charge >= 0.3 is 5.97 Å². The highest BCUT2D eigenvalue weighted by Crippen LogP contribution is 2.27. The number of nitrogens with two attached hydrogens (primary N) is 1. The number of hydrogen-bond donors (Lipinski definition) is 2.